The summed E-state index contributed by atoms with van der Waals surface area (Å²) < 4.78 is 0. The van der Waals surface area contributed by atoms with Gasteiger partial charge in [-0.05, 0) is 42.2 Å². The summed E-state index contributed by atoms with van der Waals surface area (Å²) in [4.78, 5) is 12.2. The second-order valence-corrected chi connectivity index (χ2v) is 6.14. The molecule has 1 fully saturated rings. The zero-order chi connectivity index (χ0) is 15.2. The Morgan fingerprint density at radius 3 is 2.27 bits per heavy atom. The molecule has 2 aromatic rings. The number of carbonyl (C=O) groups excluding carboxylic acids is 1. The van der Waals surface area contributed by atoms with Crippen molar-refractivity contribution in [1.82, 2.24) is 5.32 Å². The number of amides is 1. The van der Waals surface area contributed by atoms with Gasteiger partial charge in [0.15, 0.2) is 0 Å². The summed E-state index contributed by atoms with van der Waals surface area (Å²) >= 11 is 0. The van der Waals surface area contributed by atoms with Crippen molar-refractivity contribution in [2.75, 3.05) is 6.54 Å². The summed E-state index contributed by atoms with van der Waals surface area (Å²) in [6, 6.07) is 20.8. The first kappa shape index (κ1) is 14.8. The SMILES string of the molecule is O=C(CC(c1ccccc1)C1CC1)NCCc1ccccc1. The highest BCUT2D eigenvalue weighted by Gasteiger charge is 2.33. The van der Waals surface area contributed by atoms with Gasteiger partial charge in [0, 0.05) is 13.0 Å². The van der Waals surface area contributed by atoms with Crippen LogP contribution >= 0.6 is 0 Å². The summed E-state index contributed by atoms with van der Waals surface area (Å²) in [5, 5.41) is 3.08. The summed E-state index contributed by atoms with van der Waals surface area (Å²) in [7, 11) is 0. The Labute approximate surface area is 132 Å². The van der Waals surface area contributed by atoms with E-state index in [-0.39, 0.29) is 5.91 Å². The zero-order valence-corrected chi connectivity index (χ0v) is 12.9. The standard InChI is InChI=1S/C20H23NO/c22-20(21-14-13-16-7-3-1-4-8-16)15-19(18-11-12-18)17-9-5-2-6-10-17/h1-10,18-19H,11-15H2,(H,21,22). The first-order valence-electron chi connectivity index (χ1n) is 8.18. The van der Waals surface area contributed by atoms with Gasteiger partial charge in [-0.3, -0.25) is 4.79 Å². The molecular weight excluding hydrogens is 270 g/mol. The normalized spacial score (nSPS) is 15.3. The van der Waals surface area contributed by atoms with E-state index in [1.165, 1.54) is 24.0 Å². The minimum absolute atomic E-state index is 0.177. The number of benzene rings is 2. The molecule has 0 spiro atoms. The first-order chi connectivity index (χ1) is 10.8. The fourth-order valence-electron chi connectivity index (χ4n) is 3.02. The van der Waals surface area contributed by atoms with Crippen molar-refractivity contribution in [3.63, 3.8) is 0 Å². The van der Waals surface area contributed by atoms with Crippen molar-refractivity contribution in [2.45, 2.75) is 31.6 Å². The molecule has 22 heavy (non-hydrogen) atoms. The van der Waals surface area contributed by atoms with Crippen LogP contribution in [-0.4, -0.2) is 12.5 Å². The van der Waals surface area contributed by atoms with Crippen LogP contribution in [0.2, 0.25) is 0 Å². The molecule has 0 aromatic heterocycles. The Balaban J connectivity index is 1.49. The predicted molar refractivity (Wildman–Crippen MR) is 89.7 cm³/mol. The van der Waals surface area contributed by atoms with Gasteiger partial charge in [-0.15, -0.1) is 0 Å². The van der Waals surface area contributed by atoms with Gasteiger partial charge in [-0.1, -0.05) is 60.7 Å². The van der Waals surface area contributed by atoms with Gasteiger partial charge in [0.1, 0.15) is 0 Å². The second-order valence-electron chi connectivity index (χ2n) is 6.14. The molecule has 1 aliphatic rings. The molecule has 0 saturated heterocycles. The average Bonchev–Trinajstić information content (AvgIpc) is 3.39. The van der Waals surface area contributed by atoms with Crippen molar-refractivity contribution in [3.8, 4) is 0 Å². The fourth-order valence-corrected chi connectivity index (χ4v) is 3.02. The van der Waals surface area contributed by atoms with E-state index in [4.69, 9.17) is 0 Å². The summed E-state index contributed by atoms with van der Waals surface area (Å²) in [6.45, 7) is 0.717. The molecule has 0 aliphatic heterocycles. The van der Waals surface area contributed by atoms with Crippen LogP contribution in [0, 0.1) is 5.92 Å². The van der Waals surface area contributed by atoms with E-state index < -0.39 is 0 Å². The molecule has 1 atom stereocenters. The Bertz CT molecular complexity index is 590. The monoisotopic (exact) mass is 293 g/mol. The number of carbonyl (C=O) groups is 1. The highest BCUT2D eigenvalue weighted by Crippen LogP contribution is 2.44. The number of nitrogens with one attached hydrogen (secondary N) is 1. The van der Waals surface area contributed by atoms with E-state index in [9.17, 15) is 4.79 Å². The molecule has 1 unspecified atom stereocenters. The number of rotatable bonds is 7. The molecular formula is C20H23NO. The molecule has 2 aromatic carbocycles. The van der Waals surface area contributed by atoms with Gasteiger partial charge in [0.05, 0.1) is 0 Å². The van der Waals surface area contributed by atoms with Crippen LogP contribution < -0.4 is 5.32 Å². The van der Waals surface area contributed by atoms with Crippen LogP contribution in [0.25, 0.3) is 0 Å². The smallest absolute Gasteiger partial charge is 0.220 e. The number of hydrogen-bond acceptors (Lipinski definition) is 1. The van der Waals surface area contributed by atoms with Crippen LogP contribution in [0.4, 0.5) is 0 Å². The van der Waals surface area contributed by atoms with Crippen molar-refractivity contribution in [1.29, 1.82) is 0 Å². The minimum atomic E-state index is 0.177. The van der Waals surface area contributed by atoms with Crippen LogP contribution in [0.15, 0.2) is 60.7 Å². The fraction of sp³-hybridized carbons (Fsp3) is 0.350. The van der Waals surface area contributed by atoms with Crippen molar-refractivity contribution in [3.05, 3.63) is 71.8 Å². The average molecular weight is 293 g/mol. The zero-order valence-electron chi connectivity index (χ0n) is 12.9. The molecule has 1 aliphatic carbocycles. The van der Waals surface area contributed by atoms with E-state index in [1.54, 1.807) is 0 Å². The quantitative estimate of drug-likeness (QED) is 0.823. The van der Waals surface area contributed by atoms with Gasteiger partial charge in [-0.2, -0.15) is 0 Å². The lowest BCUT2D eigenvalue weighted by Crippen LogP contribution is -2.27. The predicted octanol–water partition coefficient (Wildman–Crippen LogP) is 3.93. The molecule has 0 bridgehead atoms. The second kappa shape index (κ2) is 7.26. The Morgan fingerprint density at radius 2 is 1.64 bits per heavy atom. The summed E-state index contributed by atoms with van der Waals surface area (Å²) in [5.41, 5.74) is 2.58. The molecule has 0 heterocycles. The van der Waals surface area contributed by atoms with Gasteiger partial charge in [-0.25, -0.2) is 0 Å². The van der Waals surface area contributed by atoms with Crippen molar-refractivity contribution in [2.24, 2.45) is 5.92 Å². The largest absolute Gasteiger partial charge is 0.356 e. The number of hydrogen-bond donors (Lipinski definition) is 1. The molecule has 2 heteroatoms. The molecule has 114 valence electrons. The van der Waals surface area contributed by atoms with Crippen LogP contribution in [0.3, 0.4) is 0 Å². The highest BCUT2D eigenvalue weighted by molar-refractivity contribution is 5.77. The van der Waals surface area contributed by atoms with Gasteiger partial charge >= 0.3 is 0 Å². The van der Waals surface area contributed by atoms with E-state index in [2.05, 4.69) is 41.7 Å². The Morgan fingerprint density at radius 1 is 1.00 bits per heavy atom. The third-order valence-corrected chi connectivity index (χ3v) is 4.40. The molecule has 1 N–H and O–H groups in total. The lowest BCUT2D eigenvalue weighted by Gasteiger charge is -2.16. The van der Waals surface area contributed by atoms with Gasteiger partial charge in [0.2, 0.25) is 5.91 Å². The third-order valence-electron chi connectivity index (χ3n) is 4.40. The molecule has 1 amide bonds. The Hall–Kier alpha value is -2.09. The lowest BCUT2D eigenvalue weighted by molar-refractivity contribution is -0.121. The Kier molecular flexibility index (Phi) is 4.89. The summed E-state index contributed by atoms with van der Waals surface area (Å²) in [5.74, 6) is 1.26. The van der Waals surface area contributed by atoms with E-state index in [0.717, 1.165) is 13.0 Å². The topological polar surface area (TPSA) is 29.1 Å². The lowest BCUT2D eigenvalue weighted by atomic mass is 9.91. The highest BCUT2D eigenvalue weighted by atomic mass is 16.1. The minimum Gasteiger partial charge on any atom is -0.356 e. The molecule has 2 nitrogen and oxygen atoms in total. The van der Waals surface area contributed by atoms with Crippen LogP contribution in [0.1, 0.15) is 36.3 Å². The first-order valence-corrected chi connectivity index (χ1v) is 8.18. The van der Waals surface area contributed by atoms with E-state index in [0.29, 0.717) is 18.3 Å². The molecule has 3 rings (SSSR count). The van der Waals surface area contributed by atoms with Crippen LogP contribution in [-0.2, 0) is 11.2 Å². The molecule has 0 radical (unpaired) electrons. The summed E-state index contributed by atoms with van der Waals surface area (Å²) in [6.07, 6.45) is 4.03. The van der Waals surface area contributed by atoms with Gasteiger partial charge < -0.3 is 5.32 Å². The van der Waals surface area contributed by atoms with Gasteiger partial charge in [0.25, 0.3) is 0 Å². The maximum absolute atomic E-state index is 12.2. The maximum atomic E-state index is 12.2. The van der Waals surface area contributed by atoms with Crippen molar-refractivity contribution >= 4 is 5.91 Å². The van der Waals surface area contributed by atoms with Crippen LogP contribution in [0.5, 0.6) is 0 Å². The molecule has 1 saturated carbocycles. The third kappa shape index (κ3) is 4.20. The van der Waals surface area contributed by atoms with Crippen molar-refractivity contribution < 1.29 is 4.79 Å². The van der Waals surface area contributed by atoms with E-state index >= 15 is 0 Å². The van der Waals surface area contributed by atoms with E-state index in [1.807, 2.05) is 24.3 Å². The maximum Gasteiger partial charge on any atom is 0.220 e.